The summed E-state index contributed by atoms with van der Waals surface area (Å²) in [6, 6.07) is 0. The third kappa shape index (κ3) is 5.19. The van der Waals surface area contributed by atoms with Gasteiger partial charge in [-0.25, -0.2) is 0 Å². The van der Waals surface area contributed by atoms with Crippen LogP contribution in [0.5, 0.6) is 0 Å². The van der Waals surface area contributed by atoms with E-state index >= 15 is 0 Å². The van der Waals surface area contributed by atoms with Gasteiger partial charge >= 0.3 is 5.97 Å². The topological polar surface area (TPSA) is 55.8 Å². The molecule has 1 rings (SSSR count). The number of carbonyl (C=O) groups excluding carboxylic acids is 2. The second-order valence-electron chi connectivity index (χ2n) is 5.05. The highest BCUT2D eigenvalue weighted by Gasteiger charge is 2.25. The van der Waals surface area contributed by atoms with Gasteiger partial charge in [-0.1, -0.05) is 13.8 Å². The highest BCUT2D eigenvalue weighted by atomic mass is 16.5. The zero-order valence-corrected chi connectivity index (χ0v) is 12.2. The fourth-order valence-electron chi connectivity index (χ4n) is 2.14. The lowest BCUT2D eigenvalue weighted by atomic mass is 10.1. The van der Waals surface area contributed by atoms with Crippen LogP contribution in [0, 0.1) is 5.92 Å². The molecule has 0 aromatic carbocycles. The molecule has 1 saturated heterocycles. The Bertz CT molecular complexity index is 300. The first-order valence-electron chi connectivity index (χ1n) is 7.05. The van der Waals surface area contributed by atoms with Crippen LogP contribution in [0.3, 0.4) is 0 Å². The molecule has 1 aliphatic rings. The van der Waals surface area contributed by atoms with Gasteiger partial charge < -0.3 is 14.4 Å². The molecule has 2 atom stereocenters. The highest BCUT2D eigenvalue weighted by Crippen LogP contribution is 2.16. The predicted molar refractivity (Wildman–Crippen MR) is 71.6 cm³/mol. The molecule has 0 spiro atoms. The van der Waals surface area contributed by atoms with Gasteiger partial charge in [-0.3, -0.25) is 9.59 Å². The van der Waals surface area contributed by atoms with Gasteiger partial charge in [0.05, 0.1) is 19.6 Å². The fraction of sp³-hybridized carbons (Fsp3) is 0.857. The third-order valence-electron chi connectivity index (χ3n) is 3.61. The molecule has 19 heavy (non-hydrogen) atoms. The molecule has 0 saturated carbocycles. The lowest BCUT2D eigenvalue weighted by Crippen LogP contribution is -2.41. The molecule has 0 aromatic rings. The van der Waals surface area contributed by atoms with Crippen LogP contribution in [-0.2, 0) is 19.1 Å². The largest absolute Gasteiger partial charge is 0.469 e. The van der Waals surface area contributed by atoms with Crippen molar-refractivity contribution < 1.29 is 19.1 Å². The van der Waals surface area contributed by atoms with Crippen molar-refractivity contribution in [1.29, 1.82) is 0 Å². The summed E-state index contributed by atoms with van der Waals surface area (Å²) >= 11 is 0. The van der Waals surface area contributed by atoms with Gasteiger partial charge in [-0.15, -0.1) is 0 Å². The first kappa shape index (κ1) is 16.0. The number of hydrogen-bond donors (Lipinski definition) is 0. The van der Waals surface area contributed by atoms with E-state index in [1.54, 1.807) is 4.90 Å². The molecule has 0 N–H and O–H groups in total. The molecular formula is C14H25NO4. The number of methoxy groups -OCH3 is 1. The Morgan fingerprint density at radius 1 is 1.47 bits per heavy atom. The quantitative estimate of drug-likeness (QED) is 0.660. The normalized spacial score (nSPS) is 20.1. The van der Waals surface area contributed by atoms with Crippen molar-refractivity contribution in [3.8, 4) is 0 Å². The van der Waals surface area contributed by atoms with Crippen LogP contribution >= 0.6 is 0 Å². The number of carbonyl (C=O) groups is 2. The van der Waals surface area contributed by atoms with E-state index in [0.717, 1.165) is 25.9 Å². The van der Waals surface area contributed by atoms with Crippen LogP contribution in [0.4, 0.5) is 0 Å². The van der Waals surface area contributed by atoms with E-state index in [1.807, 2.05) is 13.8 Å². The lowest BCUT2D eigenvalue weighted by molar-refractivity contribution is -0.143. The molecule has 1 amide bonds. The molecule has 1 heterocycles. The molecule has 5 heteroatoms. The van der Waals surface area contributed by atoms with Crippen molar-refractivity contribution in [3.63, 3.8) is 0 Å². The molecule has 2 unspecified atom stereocenters. The molecule has 5 nitrogen and oxygen atoms in total. The van der Waals surface area contributed by atoms with Gasteiger partial charge in [0.25, 0.3) is 0 Å². The minimum Gasteiger partial charge on any atom is -0.469 e. The Balaban J connectivity index is 2.55. The van der Waals surface area contributed by atoms with E-state index in [2.05, 4.69) is 4.74 Å². The fourth-order valence-corrected chi connectivity index (χ4v) is 2.14. The van der Waals surface area contributed by atoms with Gasteiger partial charge in [0.15, 0.2) is 0 Å². The summed E-state index contributed by atoms with van der Waals surface area (Å²) in [5.41, 5.74) is 0. The van der Waals surface area contributed by atoms with E-state index in [1.165, 1.54) is 7.11 Å². The number of rotatable bonds is 7. The molecule has 110 valence electrons. The van der Waals surface area contributed by atoms with Crippen molar-refractivity contribution in [2.75, 3.05) is 26.8 Å². The minimum atomic E-state index is -0.283. The molecule has 1 fully saturated rings. The molecular weight excluding hydrogens is 246 g/mol. The number of amides is 1. The van der Waals surface area contributed by atoms with E-state index in [0.29, 0.717) is 13.1 Å². The van der Waals surface area contributed by atoms with E-state index in [9.17, 15) is 9.59 Å². The zero-order chi connectivity index (χ0) is 14.3. The van der Waals surface area contributed by atoms with Crippen LogP contribution in [0.1, 0.15) is 39.5 Å². The monoisotopic (exact) mass is 271 g/mol. The van der Waals surface area contributed by atoms with Crippen LogP contribution in [-0.4, -0.2) is 49.7 Å². The van der Waals surface area contributed by atoms with Gasteiger partial charge in [0.1, 0.15) is 0 Å². The van der Waals surface area contributed by atoms with Crippen molar-refractivity contribution in [3.05, 3.63) is 0 Å². The second-order valence-corrected chi connectivity index (χ2v) is 5.05. The maximum absolute atomic E-state index is 12.3. The SMILES string of the molecule is CCC(C)C(=O)N(CCC(=O)OC)CC1CCCO1. The van der Waals surface area contributed by atoms with Crippen molar-refractivity contribution in [1.82, 2.24) is 4.90 Å². The number of ether oxygens (including phenoxy) is 2. The summed E-state index contributed by atoms with van der Waals surface area (Å²) in [5, 5.41) is 0. The van der Waals surface area contributed by atoms with Gasteiger partial charge in [-0.05, 0) is 19.3 Å². The summed E-state index contributed by atoms with van der Waals surface area (Å²) < 4.78 is 10.2. The zero-order valence-electron chi connectivity index (χ0n) is 12.2. The molecule has 1 aliphatic heterocycles. The average molecular weight is 271 g/mol. The average Bonchev–Trinajstić information content (AvgIpc) is 2.94. The van der Waals surface area contributed by atoms with Crippen LogP contribution in [0.25, 0.3) is 0 Å². The first-order valence-corrected chi connectivity index (χ1v) is 7.05. The van der Waals surface area contributed by atoms with Crippen molar-refractivity contribution in [2.45, 2.75) is 45.6 Å². The summed E-state index contributed by atoms with van der Waals surface area (Å²) in [6.07, 6.45) is 3.20. The second kappa shape index (κ2) is 8.15. The maximum atomic E-state index is 12.3. The number of nitrogens with zero attached hydrogens (tertiary/aromatic N) is 1. The van der Waals surface area contributed by atoms with Crippen LogP contribution < -0.4 is 0 Å². The first-order chi connectivity index (χ1) is 9.08. The molecule has 0 radical (unpaired) electrons. The van der Waals surface area contributed by atoms with Crippen molar-refractivity contribution >= 4 is 11.9 Å². The predicted octanol–water partition coefficient (Wildman–Crippen LogP) is 1.60. The standard InChI is InChI=1S/C14H25NO4/c1-4-11(2)14(17)15(8-7-13(16)18-3)10-12-6-5-9-19-12/h11-12H,4-10H2,1-3H3. The third-order valence-corrected chi connectivity index (χ3v) is 3.61. The summed E-state index contributed by atoms with van der Waals surface area (Å²) in [6.45, 7) is 5.68. The van der Waals surface area contributed by atoms with Gasteiger partial charge in [0.2, 0.25) is 5.91 Å². The minimum absolute atomic E-state index is 0.0148. The molecule has 0 bridgehead atoms. The Hall–Kier alpha value is -1.10. The number of hydrogen-bond acceptors (Lipinski definition) is 4. The smallest absolute Gasteiger partial charge is 0.307 e. The molecule has 0 aliphatic carbocycles. The van der Waals surface area contributed by atoms with Gasteiger partial charge in [-0.2, -0.15) is 0 Å². The Morgan fingerprint density at radius 3 is 2.74 bits per heavy atom. The van der Waals surface area contributed by atoms with Gasteiger partial charge in [0, 0.05) is 25.6 Å². The summed E-state index contributed by atoms with van der Waals surface area (Å²) in [5.74, 6) is -0.199. The van der Waals surface area contributed by atoms with Crippen LogP contribution in [0.2, 0.25) is 0 Å². The Labute approximate surface area is 115 Å². The van der Waals surface area contributed by atoms with Crippen molar-refractivity contribution in [2.24, 2.45) is 5.92 Å². The molecule has 0 aromatic heterocycles. The van der Waals surface area contributed by atoms with E-state index < -0.39 is 0 Å². The Kier molecular flexibility index (Phi) is 6.84. The summed E-state index contributed by atoms with van der Waals surface area (Å²) in [4.78, 5) is 25.3. The van der Waals surface area contributed by atoms with E-state index in [-0.39, 0.29) is 30.3 Å². The summed E-state index contributed by atoms with van der Waals surface area (Å²) in [7, 11) is 1.36. The number of esters is 1. The highest BCUT2D eigenvalue weighted by molar-refractivity contribution is 5.79. The Morgan fingerprint density at radius 2 is 2.21 bits per heavy atom. The van der Waals surface area contributed by atoms with E-state index in [4.69, 9.17) is 4.74 Å². The lowest BCUT2D eigenvalue weighted by Gasteiger charge is -2.27. The van der Waals surface area contributed by atoms with Crippen LogP contribution in [0.15, 0.2) is 0 Å². The maximum Gasteiger partial charge on any atom is 0.307 e.